The molecule has 0 saturated heterocycles. The lowest BCUT2D eigenvalue weighted by molar-refractivity contribution is 0.100. The zero-order chi connectivity index (χ0) is 18.2. The zero-order valence-electron chi connectivity index (χ0n) is 14.7. The van der Waals surface area contributed by atoms with Crippen LogP contribution < -0.4 is 18.9 Å². The van der Waals surface area contributed by atoms with Gasteiger partial charge in [-0.1, -0.05) is 0 Å². The summed E-state index contributed by atoms with van der Waals surface area (Å²) in [7, 11) is 6.14. The molecule has 0 bridgehead atoms. The van der Waals surface area contributed by atoms with Crippen LogP contribution in [0.4, 0.5) is 5.69 Å². The predicted molar refractivity (Wildman–Crippen MR) is 96.2 cm³/mol. The second-order valence-electron chi connectivity index (χ2n) is 5.05. The van der Waals surface area contributed by atoms with E-state index in [1.54, 1.807) is 25.5 Å². The summed E-state index contributed by atoms with van der Waals surface area (Å²) in [4.78, 5) is 16.7. The topological polar surface area (TPSA) is 66.4 Å². The maximum atomic E-state index is 12.4. The van der Waals surface area contributed by atoms with Gasteiger partial charge in [0.25, 0.3) is 0 Å². The fourth-order valence-electron chi connectivity index (χ4n) is 2.26. The predicted octanol–water partition coefficient (Wildman–Crippen LogP) is 3.70. The van der Waals surface area contributed by atoms with Gasteiger partial charge in [0, 0.05) is 18.2 Å². The van der Waals surface area contributed by atoms with Crippen molar-refractivity contribution in [3.63, 3.8) is 0 Å². The number of ketones is 1. The normalized spacial score (nSPS) is 10.6. The summed E-state index contributed by atoms with van der Waals surface area (Å²) >= 11 is 0. The SMILES string of the molecule is COc1ccc(N=CCC(=O)c2cc(OC)c(OC)c(OC)c2)cc1. The minimum Gasteiger partial charge on any atom is -0.497 e. The third kappa shape index (κ3) is 4.50. The van der Waals surface area contributed by atoms with Gasteiger partial charge < -0.3 is 18.9 Å². The minimum absolute atomic E-state index is 0.100. The largest absolute Gasteiger partial charge is 0.497 e. The molecule has 2 rings (SSSR count). The summed E-state index contributed by atoms with van der Waals surface area (Å²) in [6.07, 6.45) is 1.73. The molecule has 0 radical (unpaired) electrons. The van der Waals surface area contributed by atoms with Crippen molar-refractivity contribution in [3.8, 4) is 23.0 Å². The Kier molecular flexibility index (Phi) is 6.39. The molecular formula is C19H21NO5. The van der Waals surface area contributed by atoms with E-state index in [4.69, 9.17) is 18.9 Å². The van der Waals surface area contributed by atoms with Crippen molar-refractivity contribution in [2.45, 2.75) is 6.42 Å². The average molecular weight is 343 g/mol. The van der Waals surface area contributed by atoms with E-state index < -0.39 is 0 Å². The Morgan fingerprint density at radius 2 is 1.52 bits per heavy atom. The number of rotatable bonds is 8. The molecule has 0 N–H and O–H groups in total. The van der Waals surface area contributed by atoms with Crippen molar-refractivity contribution in [3.05, 3.63) is 42.0 Å². The number of Topliss-reactive ketones (excluding diaryl/α,β-unsaturated/α-hetero) is 1. The summed E-state index contributed by atoms with van der Waals surface area (Å²) in [5, 5.41) is 0. The van der Waals surface area contributed by atoms with Gasteiger partial charge >= 0.3 is 0 Å². The van der Waals surface area contributed by atoms with E-state index in [-0.39, 0.29) is 12.2 Å². The van der Waals surface area contributed by atoms with Gasteiger partial charge in [-0.15, -0.1) is 0 Å². The van der Waals surface area contributed by atoms with Crippen molar-refractivity contribution in [2.75, 3.05) is 28.4 Å². The standard InChI is InChI=1S/C19H21NO5/c1-22-15-7-5-14(6-8-15)20-10-9-16(21)13-11-17(23-2)19(25-4)18(12-13)24-3/h5-8,10-12H,9H2,1-4H3. The number of carbonyl (C=O) groups is 1. The zero-order valence-corrected chi connectivity index (χ0v) is 14.7. The van der Waals surface area contributed by atoms with E-state index >= 15 is 0 Å². The monoisotopic (exact) mass is 343 g/mol. The highest BCUT2D eigenvalue weighted by Crippen LogP contribution is 2.38. The average Bonchev–Trinajstić information content (AvgIpc) is 2.67. The second-order valence-corrected chi connectivity index (χ2v) is 5.05. The second kappa shape index (κ2) is 8.73. The highest BCUT2D eigenvalue weighted by atomic mass is 16.5. The number of methoxy groups -OCH3 is 4. The van der Waals surface area contributed by atoms with Crippen molar-refractivity contribution >= 4 is 17.7 Å². The van der Waals surface area contributed by atoms with Crippen LogP contribution in [-0.2, 0) is 0 Å². The lowest BCUT2D eigenvalue weighted by Gasteiger charge is -2.13. The minimum atomic E-state index is -0.100. The molecule has 0 spiro atoms. The molecule has 0 aromatic heterocycles. The van der Waals surface area contributed by atoms with Crippen molar-refractivity contribution in [1.29, 1.82) is 0 Å². The molecule has 0 unspecified atom stereocenters. The maximum absolute atomic E-state index is 12.4. The first-order valence-corrected chi connectivity index (χ1v) is 7.62. The van der Waals surface area contributed by atoms with Crippen molar-refractivity contribution in [1.82, 2.24) is 0 Å². The summed E-state index contributed by atoms with van der Waals surface area (Å²) in [6, 6.07) is 10.5. The highest BCUT2D eigenvalue weighted by Gasteiger charge is 2.16. The van der Waals surface area contributed by atoms with Crippen molar-refractivity contribution in [2.24, 2.45) is 4.99 Å². The third-order valence-corrected chi connectivity index (χ3v) is 3.58. The van der Waals surface area contributed by atoms with Crippen LogP contribution in [0, 0.1) is 0 Å². The van der Waals surface area contributed by atoms with Gasteiger partial charge in [-0.05, 0) is 36.4 Å². The van der Waals surface area contributed by atoms with Crippen LogP contribution in [-0.4, -0.2) is 40.4 Å². The van der Waals surface area contributed by atoms with Crippen LogP contribution in [0.1, 0.15) is 16.8 Å². The molecule has 25 heavy (non-hydrogen) atoms. The molecule has 6 heteroatoms. The van der Waals surface area contributed by atoms with E-state index in [0.717, 1.165) is 11.4 Å². The van der Waals surface area contributed by atoms with E-state index in [0.29, 0.717) is 22.8 Å². The fourth-order valence-corrected chi connectivity index (χ4v) is 2.26. The number of carbonyl (C=O) groups excluding carboxylic acids is 1. The molecule has 2 aromatic carbocycles. The smallest absolute Gasteiger partial charge is 0.203 e. The van der Waals surface area contributed by atoms with E-state index in [1.165, 1.54) is 21.3 Å². The molecule has 0 aliphatic heterocycles. The van der Waals surface area contributed by atoms with E-state index in [9.17, 15) is 4.79 Å². The van der Waals surface area contributed by atoms with E-state index in [1.807, 2.05) is 24.3 Å². The van der Waals surface area contributed by atoms with Gasteiger partial charge in [-0.3, -0.25) is 9.79 Å². The van der Waals surface area contributed by atoms with Gasteiger partial charge in [-0.2, -0.15) is 0 Å². The summed E-state index contributed by atoms with van der Waals surface area (Å²) < 4.78 is 20.9. The Hall–Kier alpha value is -3.02. The van der Waals surface area contributed by atoms with Crippen LogP contribution in [0.2, 0.25) is 0 Å². The molecule has 0 atom stereocenters. The van der Waals surface area contributed by atoms with Gasteiger partial charge in [0.05, 0.1) is 34.1 Å². The summed E-state index contributed by atoms with van der Waals surface area (Å²) in [5.41, 5.74) is 1.22. The number of benzene rings is 2. The molecular weight excluding hydrogens is 322 g/mol. The van der Waals surface area contributed by atoms with Gasteiger partial charge in [0.15, 0.2) is 17.3 Å². The molecule has 0 fully saturated rings. The number of aliphatic imine (C=N–C) groups is 1. The molecule has 2 aromatic rings. The lowest BCUT2D eigenvalue weighted by atomic mass is 10.1. The first-order chi connectivity index (χ1) is 12.1. The van der Waals surface area contributed by atoms with Crippen LogP contribution >= 0.6 is 0 Å². The lowest BCUT2D eigenvalue weighted by Crippen LogP contribution is -2.03. The fraction of sp³-hybridized carbons (Fsp3) is 0.263. The Morgan fingerprint density at radius 1 is 0.920 bits per heavy atom. The Morgan fingerprint density at radius 3 is 2.00 bits per heavy atom. The first kappa shape index (κ1) is 18.3. The summed E-state index contributed by atoms with van der Waals surface area (Å²) in [5.74, 6) is 1.99. The first-order valence-electron chi connectivity index (χ1n) is 7.62. The summed E-state index contributed by atoms with van der Waals surface area (Å²) in [6.45, 7) is 0. The van der Waals surface area contributed by atoms with Crippen LogP contribution in [0.15, 0.2) is 41.4 Å². The molecule has 0 amide bonds. The van der Waals surface area contributed by atoms with E-state index in [2.05, 4.69) is 4.99 Å². The maximum Gasteiger partial charge on any atom is 0.203 e. The van der Waals surface area contributed by atoms with Crippen LogP contribution in [0.25, 0.3) is 0 Å². The van der Waals surface area contributed by atoms with Gasteiger partial charge in [-0.25, -0.2) is 0 Å². The number of hydrogen-bond donors (Lipinski definition) is 0. The molecule has 0 aliphatic carbocycles. The number of ether oxygens (including phenoxy) is 4. The number of nitrogens with zero attached hydrogens (tertiary/aromatic N) is 1. The Labute approximate surface area is 147 Å². The Bertz CT molecular complexity index is 728. The Balaban J connectivity index is 2.13. The molecule has 0 saturated carbocycles. The molecule has 6 nitrogen and oxygen atoms in total. The molecule has 132 valence electrons. The highest BCUT2D eigenvalue weighted by molar-refractivity contribution is 6.04. The quantitative estimate of drug-likeness (QED) is 0.540. The number of hydrogen-bond acceptors (Lipinski definition) is 6. The molecule has 0 aliphatic rings. The van der Waals surface area contributed by atoms with Gasteiger partial charge in [0.1, 0.15) is 5.75 Å². The van der Waals surface area contributed by atoms with Crippen molar-refractivity contribution < 1.29 is 23.7 Å². The molecule has 0 heterocycles. The van der Waals surface area contributed by atoms with Crippen LogP contribution in [0.5, 0.6) is 23.0 Å². The van der Waals surface area contributed by atoms with Gasteiger partial charge in [0.2, 0.25) is 5.75 Å². The third-order valence-electron chi connectivity index (χ3n) is 3.58. The van der Waals surface area contributed by atoms with Crippen LogP contribution in [0.3, 0.4) is 0 Å².